The average Bonchev–Trinajstić information content (AvgIpc) is 2.69. The first-order valence-corrected chi connectivity index (χ1v) is 4.19. The molecule has 0 radical (unpaired) electrons. The largest absolute Gasteiger partial charge is 0.481 e. The molecule has 5 nitrogen and oxygen atoms in total. The zero-order valence-corrected chi connectivity index (χ0v) is 8.01. The molecule has 0 fully saturated rings. The lowest BCUT2D eigenvalue weighted by Gasteiger charge is -2.03. The third kappa shape index (κ3) is 1.56. The van der Waals surface area contributed by atoms with E-state index >= 15 is 0 Å². The van der Waals surface area contributed by atoms with Crippen LogP contribution in [-0.2, 0) is 0 Å². The van der Waals surface area contributed by atoms with Gasteiger partial charge in [-0.25, -0.2) is 9.67 Å². The van der Waals surface area contributed by atoms with Crippen molar-refractivity contribution in [3.05, 3.63) is 30.2 Å². The highest BCUT2D eigenvalue weighted by Crippen LogP contribution is 2.09. The number of methoxy groups -OCH3 is 1. The number of aryl methyl sites for hydroxylation is 1. The molecule has 2 aromatic rings. The van der Waals surface area contributed by atoms with Crippen molar-refractivity contribution in [1.82, 2.24) is 19.7 Å². The maximum absolute atomic E-state index is 5.04. The zero-order chi connectivity index (χ0) is 9.97. The Morgan fingerprint density at radius 3 is 2.86 bits per heavy atom. The van der Waals surface area contributed by atoms with Crippen LogP contribution in [0, 0.1) is 6.92 Å². The molecule has 0 saturated carbocycles. The molecule has 72 valence electrons. The molecular weight excluding hydrogens is 180 g/mol. The Morgan fingerprint density at radius 2 is 2.21 bits per heavy atom. The van der Waals surface area contributed by atoms with Crippen molar-refractivity contribution in [1.29, 1.82) is 0 Å². The predicted octanol–water partition coefficient (Wildman–Crippen LogP) is 0.979. The van der Waals surface area contributed by atoms with Gasteiger partial charge in [0, 0.05) is 24.2 Å². The Morgan fingerprint density at radius 1 is 1.36 bits per heavy atom. The molecule has 0 spiro atoms. The fourth-order valence-corrected chi connectivity index (χ4v) is 1.12. The minimum Gasteiger partial charge on any atom is -0.481 e. The van der Waals surface area contributed by atoms with Gasteiger partial charge < -0.3 is 4.74 Å². The summed E-state index contributed by atoms with van der Waals surface area (Å²) in [6.45, 7) is 1.89. The summed E-state index contributed by atoms with van der Waals surface area (Å²) < 4.78 is 6.63. The van der Waals surface area contributed by atoms with Crippen LogP contribution < -0.4 is 4.74 Å². The predicted molar refractivity (Wildman–Crippen MR) is 50.4 cm³/mol. The van der Waals surface area contributed by atoms with Gasteiger partial charge in [-0.2, -0.15) is 10.1 Å². The van der Waals surface area contributed by atoms with Gasteiger partial charge in [-0.3, -0.25) is 0 Å². The van der Waals surface area contributed by atoms with Crippen molar-refractivity contribution < 1.29 is 4.74 Å². The molecule has 0 saturated heterocycles. The lowest BCUT2D eigenvalue weighted by atomic mass is 10.4. The highest BCUT2D eigenvalue weighted by molar-refractivity contribution is 5.21. The summed E-state index contributed by atoms with van der Waals surface area (Å²) in [7, 11) is 1.58. The second-order valence-electron chi connectivity index (χ2n) is 2.80. The molecule has 0 aliphatic rings. The third-order valence-corrected chi connectivity index (χ3v) is 1.74. The first kappa shape index (κ1) is 8.68. The molecule has 0 bridgehead atoms. The SMILES string of the molecule is COc1cc(C)nc(-n2cccn2)n1. The standard InChI is InChI=1S/C9H10N4O/c1-7-6-8(14-2)12-9(11-7)13-5-3-4-10-13/h3-6H,1-2H3. The number of aromatic nitrogens is 4. The van der Waals surface area contributed by atoms with E-state index in [1.54, 1.807) is 30.3 Å². The van der Waals surface area contributed by atoms with E-state index in [0.29, 0.717) is 11.8 Å². The fourth-order valence-electron chi connectivity index (χ4n) is 1.12. The van der Waals surface area contributed by atoms with Gasteiger partial charge in [-0.1, -0.05) is 0 Å². The number of hydrogen-bond donors (Lipinski definition) is 0. The van der Waals surface area contributed by atoms with Crippen molar-refractivity contribution >= 4 is 0 Å². The lowest BCUT2D eigenvalue weighted by molar-refractivity contribution is 0.395. The van der Waals surface area contributed by atoms with Crippen molar-refractivity contribution in [3.63, 3.8) is 0 Å². The maximum Gasteiger partial charge on any atom is 0.254 e. The van der Waals surface area contributed by atoms with Crippen molar-refractivity contribution in [2.24, 2.45) is 0 Å². The van der Waals surface area contributed by atoms with Crippen LogP contribution >= 0.6 is 0 Å². The number of hydrogen-bond acceptors (Lipinski definition) is 4. The van der Waals surface area contributed by atoms with E-state index in [0.717, 1.165) is 5.69 Å². The van der Waals surface area contributed by atoms with E-state index in [4.69, 9.17) is 4.74 Å². The molecule has 0 N–H and O–H groups in total. The summed E-state index contributed by atoms with van der Waals surface area (Å²) in [6.07, 6.45) is 3.46. The highest BCUT2D eigenvalue weighted by atomic mass is 16.5. The van der Waals surface area contributed by atoms with Gasteiger partial charge in [0.15, 0.2) is 0 Å². The van der Waals surface area contributed by atoms with Gasteiger partial charge in [0.2, 0.25) is 5.88 Å². The van der Waals surface area contributed by atoms with E-state index in [2.05, 4.69) is 15.1 Å². The van der Waals surface area contributed by atoms with E-state index in [1.165, 1.54) is 0 Å². The molecule has 0 aromatic carbocycles. The van der Waals surface area contributed by atoms with Crippen LogP contribution in [0.5, 0.6) is 5.88 Å². The summed E-state index contributed by atoms with van der Waals surface area (Å²) >= 11 is 0. The quantitative estimate of drug-likeness (QED) is 0.708. The zero-order valence-electron chi connectivity index (χ0n) is 8.01. The number of ether oxygens (including phenoxy) is 1. The Bertz CT molecular complexity index is 424. The van der Waals surface area contributed by atoms with Gasteiger partial charge in [0.25, 0.3) is 5.95 Å². The van der Waals surface area contributed by atoms with Crippen LogP contribution in [-0.4, -0.2) is 26.9 Å². The highest BCUT2D eigenvalue weighted by Gasteiger charge is 2.03. The molecule has 2 heterocycles. The van der Waals surface area contributed by atoms with Crippen LogP contribution in [0.3, 0.4) is 0 Å². The molecular formula is C9H10N4O. The van der Waals surface area contributed by atoms with E-state index in [1.807, 2.05) is 13.0 Å². The topological polar surface area (TPSA) is 52.8 Å². The first-order valence-electron chi connectivity index (χ1n) is 4.19. The van der Waals surface area contributed by atoms with E-state index in [-0.39, 0.29) is 0 Å². The molecule has 0 atom stereocenters. The van der Waals surface area contributed by atoms with Crippen molar-refractivity contribution in [2.45, 2.75) is 6.92 Å². The lowest BCUT2D eigenvalue weighted by Crippen LogP contribution is -2.04. The van der Waals surface area contributed by atoms with Gasteiger partial charge in [0.1, 0.15) is 0 Å². The van der Waals surface area contributed by atoms with Crippen LogP contribution in [0.2, 0.25) is 0 Å². The summed E-state index contributed by atoms with van der Waals surface area (Å²) in [5.74, 6) is 1.06. The van der Waals surface area contributed by atoms with Crippen LogP contribution in [0.4, 0.5) is 0 Å². The molecule has 0 aliphatic heterocycles. The smallest absolute Gasteiger partial charge is 0.254 e. The molecule has 2 rings (SSSR count). The minimum atomic E-state index is 0.520. The normalized spacial score (nSPS) is 10.1. The first-order chi connectivity index (χ1) is 6.79. The van der Waals surface area contributed by atoms with Gasteiger partial charge in [0.05, 0.1) is 7.11 Å². The number of rotatable bonds is 2. The Labute approximate surface area is 81.4 Å². The number of nitrogens with zero attached hydrogens (tertiary/aromatic N) is 4. The Hall–Kier alpha value is -1.91. The van der Waals surface area contributed by atoms with Crippen LogP contribution in [0.15, 0.2) is 24.5 Å². The summed E-state index contributed by atoms with van der Waals surface area (Å²) in [6, 6.07) is 3.59. The summed E-state index contributed by atoms with van der Waals surface area (Å²) in [5, 5.41) is 4.04. The summed E-state index contributed by atoms with van der Waals surface area (Å²) in [5.41, 5.74) is 0.849. The molecule has 0 unspecified atom stereocenters. The second-order valence-corrected chi connectivity index (χ2v) is 2.80. The third-order valence-electron chi connectivity index (χ3n) is 1.74. The molecule has 0 amide bonds. The minimum absolute atomic E-state index is 0.520. The van der Waals surface area contributed by atoms with Crippen molar-refractivity contribution in [2.75, 3.05) is 7.11 Å². The van der Waals surface area contributed by atoms with Gasteiger partial charge >= 0.3 is 0 Å². The molecule has 0 aliphatic carbocycles. The van der Waals surface area contributed by atoms with E-state index < -0.39 is 0 Å². The Kier molecular flexibility index (Phi) is 2.14. The monoisotopic (exact) mass is 190 g/mol. The van der Waals surface area contributed by atoms with Crippen LogP contribution in [0.1, 0.15) is 5.69 Å². The fraction of sp³-hybridized carbons (Fsp3) is 0.222. The van der Waals surface area contributed by atoms with Gasteiger partial charge in [-0.15, -0.1) is 0 Å². The maximum atomic E-state index is 5.04. The second kappa shape index (κ2) is 3.45. The van der Waals surface area contributed by atoms with Crippen LogP contribution in [0.25, 0.3) is 5.95 Å². The van der Waals surface area contributed by atoms with E-state index in [9.17, 15) is 0 Å². The molecule has 14 heavy (non-hydrogen) atoms. The Balaban J connectivity index is 2.48. The van der Waals surface area contributed by atoms with Crippen molar-refractivity contribution in [3.8, 4) is 11.8 Å². The average molecular weight is 190 g/mol. The molecule has 2 aromatic heterocycles. The molecule has 5 heteroatoms. The summed E-state index contributed by atoms with van der Waals surface area (Å²) in [4.78, 5) is 8.40. The van der Waals surface area contributed by atoms with Gasteiger partial charge in [-0.05, 0) is 13.0 Å².